The van der Waals surface area contributed by atoms with Crippen LogP contribution in [0.5, 0.6) is 0 Å². The lowest BCUT2D eigenvalue weighted by atomic mass is 10.1. The van der Waals surface area contributed by atoms with Crippen molar-refractivity contribution in [3.63, 3.8) is 0 Å². The van der Waals surface area contributed by atoms with Crippen LogP contribution in [0.15, 0.2) is 18.2 Å². The van der Waals surface area contributed by atoms with Crippen molar-refractivity contribution in [3.05, 3.63) is 29.3 Å². The lowest BCUT2D eigenvalue weighted by Gasteiger charge is -1.98. The molecule has 0 radical (unpaired) electrons. The summed E-state index contributed by atoms with van der Waals surface area (Å²) < 4.78 is 0. The van der Waals surface area contributed by atoms with Crippen molar-refractivity contribution in [3.8, 4) is 6.07 Å². The summed E-state index contributed by atoms with van der Waals surface area (Å²) in [6.45, 7) is 0.966. The Morgan fingerprint density at radius 1 is 1.45 bits per heavy atom. The van der Waals surface area contributed by atoms with Crippen LogP contribution in [0, 0.1) is 11.3 Å². The van der Waals surface area contributed by atoms with E-state index in [4.69, 9.17) is 5.26 Å². The molecule has 2 heteroatoms. The van der Waals surface area contributed by atoms with Crippen LogP contribution in [-0.4, -0.2) is 6.54 Å². The van der Waals surface area contributed by atoms with Crippen LogP contribution < -0.4 is 5.32 Å². The zero-order valence-corrected chi connectivity index (χ0v) is 6.09. The Bertz CT molecular complexity index is 323. The molecule has 0 atom stereocenters. The van der Waals surface area contributed by atoms with Crippen molar-refractivity contribution in [2.45, 2.75) is 6.42 Å². The Hall–Kier alpha value is -1.49. The minimum atomic E-state index is 0.812. The van der Waals surface area contributed by atoms with E-state index in [1.54, 1.807) is 0 Å². The van der Waals surface area contributed by atoms with E-state index in [-0.39, 0.29) is 0 Å². The molecule has 0 fully saturated rings. The number of fused-ring (bicyclic) bond motifs is 1. The molecule has 1 heterocycles. The van der Waals surface area contributed by atoms with Gasteiger partial charge in [-0.1, -0.05) is 6.07 Å². The largest absolute Gasteiger partial charge is 0.384 e. The third kappa shape index (κ3) is 0.857. The number of anilines is 1. The highest BCUT2D eigenvalue weighted by Gasteiger charge is 2.12. The van der Waals surface area contributed by atoms with Crippen molar-refractivity contribution in [1.82, 2.24) is 0 Å². The Labute approximate surface area is 65.5 Å². The minimum Gasteiger partial charge on any atom is -0.384 e. The van der Waals surface area contributed by atoms with Crippen molar-refractivity contribution in [1.29, 1.82) is 5.26 Å². The standard InChI is InChI=1S/C9H8N2/c10-6-7-2-1-3-9-8(7)4-5-11-9/h1-3,11H,4-5H2. The monoisotopic (exact) mass is 144 g/mol. The Kier molecular flexibility index (Phi) is 1.29. The lowest BCUT2D eigenvalue weighted by molar-refractivity contribution is 1.10. The average molecular weight is 144 g/mol. The normalized spacial score (nSPS) is 13.4. The predicted molar refractivity (Wildman–Crippen MR) is 43.4 cm³/mol. The SMILES string of the molecule is N#Cc1cccc2c1CCN2. The third-order valence-electron chi connectivity index (χ3n) is 1.99. The molecule has 0 aromatic heterocycles. The van der Waals surface area contributed by atoms with Gasteiger partial charge in [-0.3, -0.25) is 0 Å². The second-order valence-corrected chi connectivity index (χ2v) is 2.62. The van der Waals surface area contributed by atoms with E-state index in [1.165, 1.54) is 5.56 Å². The Morgan fingerprint density at radius 3 is 3.18 bits per heavy atom. The molecule has 0 saturated carbocycles. The summed E-state index contributed by atoms with van der Waals surface area (Å²) in [5.74, 6) is 0. The van der Waals surface area contributed by atoms with Crippen molar-refractivity contribution >= 4 is 5.69 Å². The predicted octanol–water partition coefficient (Wildman–Crippen LogP) is 1.53. The molecule has 2 rings (SSSR count). The fraction of sp³-hybridized carbons (Fsp3) is 0.222. The van der Waals surface area contributed by atoms with Gasteiger partial charge in [0.05, 0.1) is 11.6 Å². The highest BCUT2D eigenvalue weighted by molar-refractivity contribution is 5.61. The fourth-order valence-electron chi connectivity index (χ4n) is 1.45. The number of nitriles is 1. The van der Waals surface area contributed by atoms with Crippen LogP contribution in [-0.2, 0) is 6.42 Å². The first-order valence-corrected chi connectivity index (χ1v) is 3.67. The second kappa shape index (κ2) is 2.28. The number of nitrogens with one attached hydrogen (secondary N) is 1. The summed E-state index contributed by atoms with van der Waals surface area (Å²) in [7, 11) is 0. The zero-order valence-electron chi connectivity index (χ0n) is 6.09. The Morgan fingerprint density at radius 2 is 2.36 bits per heavy atom. The molecule has 1 aromatic rings. The fourth-order valence-corrected chi connectivity index (χ4v) is 1.45. The summed E-state index contributed by atoms with van der Waals surface area (Å²) in [5, 5.41) is 11.9. The van der Waals surface area contributed by atoms with E-state index in [9.17, 15) is 0 Å². The maximum Gasteiger partial charge on any atom is 0.0995 e. The highest BCUT2D eigenvalue weighted by atomic mass is 14.9. The smallest absolute Gasteiger partial charge is 0.0995 e. The van der Waals surface area contributed by atoms with E-state index in [0.29, 0.717) is 0 Å². The van der Waals surface area contributed by atoms with Gasteiger partial charge in [0.25, 0.3) is 0 Å². The zero-order chi connectivity index (χ0) is 7.68. The summed E-state index contributed by atoms with van der Waals surface area (Å²) in [5.41, 5.74) is 3.12. The van der Waals surface area contributed by atoms with Gasteiger partial charge in [0, 0.05) is 12.2 Å². The first-order chi connectivity index (χ1) is 5.42. The molecule has 0 spiro atoms. The van der Waals surface area contributed by atoms with Crippen LogP contribution in [0.1, 0.15) is 11.1 Å². The van der Waals surface area contributed by atoms with E-state index < -0.39 is 0 Å². The van der Waals surface area contributed by atoms with E-state index in [0.717, 1.165) is 24.2 Å². The number of nitrogens with zero attached hydrogens (tertiary/aromatic N) is 1. The third-order valence-corrected chi connectivity index (χ3v) is 1.99. The quantitative estimate of drug-likeness (QED) is 0.599. The van der Waals surface area contributed by atoms with Gasteiger partial charge in [-0.25, -0.2) is 0 Å². The van der Waals surface area contributed by atoms with Gasteiger partial charge in [0.15, 0.2) is 0 Å². The summed E-state index contributed by atoms with van der Waals surface area (Å²) >= 11 is 0. The van der Waals surface area contributed by atoms with Crippen molar-refractivity contribution in [2.24, 2.45) is 0 Å². The molecule has 0 unspecified atom stereocenters. The first-order valence-electron chi connectivity index (χ1n) is 3.67. The van der Waals surface area contributed by atoms with Gasteiger partial charge in [0.2, 0.25) is 0 Å². The maximum atomic E-state index is 8.72. The van der Waals surface area contributed by atoms with E-state index in [2.05, 4.69) is 11.4 Å². The van der Waals surface area contributed by atoms with E-state index in [1.807, 2.05) is 18.2 Å². The molecule has 11 heavy (non-hydrogen) atoms. The second-order valence-electron chi connectivity index (χ2n) is 2.62. The minimum absolute atomic E-state index is 0.812. The number of hydrogen-bond donors (Lipinski definition) is 1. The van der Waals surface area contributed by atoms with Gasteiger partial charge < -0.3 is 5.32 Å². The molecule has 1 aliphatic rings. The molecule has 0 bridgehead atoms. The number of benzene rings is 1. The molecule has 0 saturated heterocycles. The van der Waals surface area contributed by atoms with Crippen LogP contribution in [0.3, 0.4) is 0 Å². The van der Waals surface area contributed by atoms with E-state index >= 15 is 0 Å². The van der Waals surface area contributed by atoms with Gasteiger partial charge in [-0.05, 0) is 24.1 Å². The lowest BCUT2D eigenvalue weighted by Crippen LogP contribution is -1.90. The van der Waals surface area contributed by atoms with Crippen molar-refractivity contribution < 1.29 is 0 Å². The van der Waals surface area contributed by atoms with Gasteiger partial charge in [-0.15, -0.1) is 0 Å². The number of rotatable bonds is 0. The molecule has 1 N–H and O–H groups in total. The first kappa shape index (κ1) is 6.23. The summed E-state index contributed by atoms with van der Waals surface area (Å²) in [6.07, 6.45) is 0.985. The topological polar surface area (TPSA) is 35.8 Å². The van der Waals surface area contributed by atoms with Crippen LogP contribution >= 0.6 is 0 Å². The summed E-state index contributed by atoms with van der Waals surface area (Å²) in [4.78, 5) is 0. The van der Waals surface area contributed by atoms with Crippen LogP contribution in [0.25, 0.3) is 0 Å². The van der Waals surface area contributed by atoms with Crippen LogP contribution in [0.4, 0.5) is 5.69 Å². The van der Waals surface area contributed by atoms with Gasteiger partial charge in [-0.2, -0.15) is 5.26 Å². The van der Waals surface area contributed by atoms with Gasteiger partial charge in [0.1, 0.15) is 0 Å². The van der Waals surface area contributed by atoms with Gasteiger partial charge >= 0.3 is 0 Å². The molecular weight excluding hydrogens is 136 g/mol. The molecular formula is C9H8N2. The molecule has 1 aromatic carbocycles. The van der Waals surface area contributed by atoms with Crippen LogP contribution in [0.2, 0.25) is 0 Å². The molecule has 0 aliphatic carbocycles. The maximum absolute atomic E-state index is 8.72. The summed E-state index contributed by atoms with van der Waals surface area (Å²) in [6, 6.07) is 7.98. The Balaban J connectivity index is 2.61. The average Bonchev–Trinajstić information content (AvgIpc) is 2.50. The molecule has 1 aliphatic heterocycles. The molecule has 54 valence electrons. The molecule has 2 nitrogen and oxygen atoms in total. The van der Waals surface area contributed by atoms with Crippen molar-refractivity contribution in [2.75, 3.05) is 11.9 Å². The number of hydrogen-bond acceptors (Lipinski definition) is 2. The molecule has 0 amide bonds. The highest BCUT2D eigenvalue weighted by Crippen LogP contribution is 2.24.